The molecular weight excluding hydrogens is 560 g/mol. The molecule has 1 N–H and O–H groups in total. The lowest BCUT2D eigenvalue weighted by molar-refractivity contribution is -0.154. The van der Waals surface area contributed by atoms with E-state index in [4.69, 9.17) is 18.9 Å². The smallest absolute Gasteiger partial charge is 0.311 e. The molecular formula is C36H66O8. The molecule has 0 amide bonds. The number of ether oxygens (including phenoxy) is 4. The number of hydrogen-bond donors (Lipinski definition) is 1. The second-order valence-electron chi connectivity index (χ2n) is 15.6. The summed E-state index contributed by atoms with van der Waals surface area (Å²) in [6.07, 6.45) is 6.74. The van der Waals surface area contributed by atoms with E-state index in [1.165, 1.54) is 0 Å². The lowest BCUT2D eigenvalue weighted by Gasteiger charge is -2.20. The summed E-state index contributed by atoms with van der Waals surface area (Å²) in [4.78, 5) is 35.0. The Labute approximate surface area is 268 Å². The number of esters is 2. The van der Waals surface area contributed by atoms with Gasteiger partial charge in [-0.1, -0.05) is 54.4 Å². The van der Waals surface area contributed by atoms with Crippen molar-refractivity contribution in [2.45, 2.75) is 146 Å². The molecule has 258 valence electrons. The quantitative estimate of drug-likeness (QED) is 0.162. The number of aliphatic hydroxyl groups excluding tert-OH is 1. The zero-order valence-corrected chi connectivity index (χ0v) is 30.0. The SMILES string of the molecule is CC[C@@H](C)C[C@H]1O[C@@H](CCOC(=O)C(C)(C)C)C(C=O)[C@H]1C.CC[C@@H](C)C[C@H]1O[C@@H](CCOC(=O)C(C)(C)C)C(CO)[C@H]1C. The molecule has 2 aliphatic heterocycles. The van der Waals surface area contributed by atoms with Gasteiger partial charge < -0.3 is 28.8 Å². The highest BCUT2D eigenvalue weighted by atomic mass is 16.5. The van der Waals surface area contributed by atoms with Gasteiger partial charge in [0, 0.05) is 31.3 Å². The number of hydrogen-bond acceptors (Lipinski definition) is 8. The van der Waals surface area contributed by atoms with E-state index in [2.05, 4.69) is 41.5 Å². The summed E-state index contributed by atoms with van der Waals surface area (Å²) >= 11 is 0. The Morgan fingerprint density at radius 1 is 0.750 bits per heavy atom. The number of rotatable bonds is 14. The highest BCUT2D eigenvalue weighted by molar-refractivity contribution is 5.75. The van der Waals surface area contributed by atoms with Crippen LogP contribution in [0.15, 0.2) is 0 Å². The van der Waals surface area contributed by atoms with Gasteiger partial charge in [0.05, 0.1) is 48.5 Å². The van der Waals surface area contributed by atoms with Crippen molar-refractivity contribution in [3.63, 3.8) is 0 Å². The molecule has 0 aromatic heterocycles. The van der Waals surface area contributed by atoms with Crippen LogP contribution in [0.25, 0.3) is 0 Å². The van der Waals surface area contributed by atoms with E-state index in [0.717, 1.165) is 32.0 Å². The molecule has 2 aliphatic rings. The molecule has 0 aromatic carbocycles. The van der Waals surface area contributed by atoms with Gasteiger partial charge in [-0.2, -0.15) is 0 Å². The zero-order valence-electron chi connectivity index (χ0n) is 30.0. The lowest BCUT2D eigenvalue weighted by Crippen LogP contribution is -2.27. The van der Waals surface area contributed by atoms with Crippen molar-refractivity contribution < 1.29 is 38.4 Å². The first-order valence-electron chi connectivity index (χ1n) is 17.1. The van der Waals surface area contributed by atoms with Crippen molar-refractivity contribution in [1.82, 2.24) is 0 Å². The molecule has 0 spiro atoms. The van der Waals surface area contributed by atoms with E-state index in [9.17, 15) is 19.5 Å². The maximum atomic E-state index is 11.8. The predicted molar refractivity (Wildman–Crippen MR) is 174 cm³/mol. The average molecular weight is 627 g/mol. The second kappa shape index (κ2) is 18.6. The summed E-state index contributed by atoms with van der Waals surface area (Å²) in [6.45, 7) is 24.9. The Morgan fingerprint density at radius 3 is 1.55 bits per heavy atom. The Morgan fingerprint density at radius 2 is 1.16 bits per heavy atom. The van der Waals surface area contributed by atoms with Crippen LogP contribution in [0.3, 0.4) is 0 Å². The number of carbonyl (C=O) groups excluding carboxylic acids is 3. The summed E-state index contributed by atoms with van der Waals surface area (Å²) in [6, 6.07) is 0. The normalized spacial score (nSPS) is 30.2. The van der Waals surface area contributed by atoms with E-state index in [0.29, 0.717) is 43.8 Å². The third kappa shape index (κ3) is 12.7. The molecule has 2 unspecified atom stereocenters. The minimum Gasteiger partial charge on any atom is -0.465 e. The molecule has 0 saturated carbocycles. The van der Waals surface area contributed by atoms with Crippen LogP contribution >= 0.6 is 0 Å². The van der Waals surface area contributed by atoms with Gasteiger partial charge in [-0.15, -0.1) is 0 Å². The van der Waals surface area contributed by atoms with Crippen LogP contribution in [0, 0.1) is 46.3 Å². The predicted octanol–water partition coefficient (Wildman–Crippen LogP) is 7.03. The number of carbonyl (C=O) groups is 3. The van der Waals surface area contributed by atoms with Crippen molar-refractivity contribution >= 4 is 18.2 Å². The molecule has 8 nitrogen and oxygen atoms in total. The van der Waals surface area contributed by atoms with E-state index in [-0.39, 0.29) is 60.7 Å². The van der Waals surface area contributed by atoms with Crippen LogP contribution in [-0.4, -0.2) is 67.6 Å². The first-order valence-corrected chi connectivity index (χ1v) is 17.1. The van der Waals surface area contributed by atoms with E-state index in [1.807, 2.05) is 41.5 Å². The molecule has 8 heteroatoms. The highest BCUT2D eigenvalue weighted by Crippen LogP contribution is 2.38. The Bertz CT molecular complexity index is 859. The zero-order chi connectivity index (χ0) is 33.8. The van der Waals surface area contributed by atoms with Gasteiger partial charge in [0.15, 0.2) is 0 Å². The molecule has 0 radical (unpaired) electrons. The fourth-order valence-corrected chi connectivity index (χ4v) is 5.76. The number of aldehydes is 1. The van der Waals surface area contributed by atoms with Crippen molar-refractivity contribution in [2.24, 2.45) is 46.3 Å². The van der Waals surface area contributed by atoms with Crippen molar-refractivity contribution in [3.05, 3.63) is 0 Å². The fourth-order valence-electron chi connectivity index (χ4n) is 5.76. The second-order valence-corrected chi connectivity index (χ2v) is 15.6. The molecule has 0 aliphatic carbocycles. The van der Waals surface area contributed by atoms with E-state index in [1.54, 1.807) is 0 Å². The molecule has 10 atom stereocenters. The molecule has 2 saturated heterocycles. The largest absolute Gasteiger partial charge is 0.465 e. The van der Waals surface area contributed by atoms with Gasteiger partial charge in [-0.25, -0.2) is 0 Å². The molecule has 0 aromatic rings. The van der Waals surface area contributed by atoms with Crippen LogP contribution < -0.4 is 0 Å². The van der Waals surface area contributed by atoms with E-state index >= 15 is 0 Å². The summed E-state index contributed by atoms with van der Waals surface area (Å²) in [7, 11) is 0. The van der Waals surface area contributed by atoms with Gasteiger partial charge in [-0.05, 0) is 78.1 Å². The third-order valence-electron chi connectivity index (χ3n) is 9.59. The van der Waals surface area contributed by atoms with Crippen LogP contribution in [0.2, 0.25) is 0 Å². The maximum absolute atomic E-state index is 11.8. The summed E-state index contributed by atoms with van der Waals surface area (Å²) < 4.78 is 22.9. The van der Waals surface area contributed by atoms with Crippen LogP contribution in [-0.2, 0) is 33.3 Å². The van der Waals surface area contributed by atoms with Gasteiger partial charge in [0.1, 0.15) is 6.29 Å². The molecule has 2 rings (SSSR count). The Hall–Kier alpha value is -1.51. The Kier molecular flexibility index (Phi) is 17.1. The minimum absolute atomic E-state index is 0.0122. The topological polar surface area (TPSA) is 108 Å². The van der Waals surface area contributed by atoms with Gasteiger partial charge in [0.25, 0.3) is 0 Å². The molecule has 2 heterocycles. The fraction of sp³-hybridized carbons (Fsp3) is 0.917. The van der Waals surface area contributed by atoms with Crippen LogP contribution in [0.5, 0.6) is 0 Å². The van der Waals surface area contributed by atoms with Crippen molar-refractivity contribution in [2.75, 3.05) is 19.8 Å². The van der Waals surface area contributed by atoms with Crippen LogP contribution in [0.1, 0.15) is 122 Å². The summed E-state index contributed by atoms with van der Waals surface area (Å²) in [5.74, 6) is 1.45. The number of aliphatic hydroxyl groups is 1. The lowest BCUT2D eigenvalue weighted by atomic mass is 9.85. The first-order chi connectivity index (χ1) is 20.4. The van der Waals surface area contributed by atoms with Crippen molar-refractivity contribution in [1.29, 1.82) is 0 Å². The van der Waals surface area contributed by atoms with Crippen molar-refractivity contribution in [3.8, 4) is 0 Å². The highest BCUT2D eigenvalue weighted by Gasteiger charge is 2.42. The van der Waals surface area contributed by atoms with Gasteiger partial charge in [0.2, 0.25) is 0 Å². The monoisotopic (exact) mass is 626 g/mol. The maximum Gasteiger partial charge on any atom is 0.311 e. The third-order valence-corrected chi connectivity index (χ3v) is 9.59. The standard InChI is InChI=1S/C18H34O4.C18H32O4/c2*1-7-12(2)10-16-13(3)14(11-19)15(22-16)8-9-21-17(20)18(4,5)6/h12-16,19H,7-11H2,1-6H3;11-16H,7-10H2,1-6H3/t2*12-,13-,14?,15+,16-/m11/s1. The summed E-state index contributed by atoms with van der Waals surface area (Å²) in [5, 5.41) is 9.67. The summed E-state index contributed by atoms with van der Waals surface area (Å²) in [5.41, 5.74) is -0.966. The van der Waals surface area contributed by atoms with E-state index < -0.39 is 10.8 Å². The van der Waals surface area contributed by atoms with Gasteiger partial charge >= 0.3 is 11.9 Å². The molecule has 0 bridgehead atoms. The van der Waals surface area contributed by atoms with Crippen LogP contribution in [0.4, 0.5) is 0 Å². The van der Waals surface area contributed by atoms with Gasteiger partial charge in [-0.3, -0.25) is 9.59 Å². The molecule has 44 heavy (non-hydrogen) atoms. The molecule has 2 fully saturated rings. The Balaban J connectivity index is 0.000000440. The minimum atomic E-state index is -0.493. The first kappa shape index (κ1) is 40.5. The average Bonchev–Trinajstić information content (AvgIpc) is 3.41.